The van der Waals surface area contributed by atoms with E-state index in [9.17, 15) is 13.4 Å². The molecule has 2 N–H and O–H groups in total. The Morgan fingerprint density at radius 2 is 2.10 bits per heavy atom. The Bertz CT molecular complexity index is 531. The Morgan fingerprint density at radius 1 is 1.50 bits per heavy atom. The molecule has 112 valence electrons. The van der Waals surface area contributed by atoms with Crippen molar-refractivity contribution in [2.45, 2.75) is 38.0 Å². The lowest BCUT2D eigenvalue weighted by molar-refractivity contribution is -0.137. The fourth-order valence-corrected chi connectivity index (χ4v) is 2.57. The molecule has 1 rings (SSSR count). The van der Waals surface area contributed by atoms with Gasteiger partial charge in [0.2, 0.25) is 0 Å². The summed E-state index contributed by atoms with van der Waals surface area (Å²) < 4.78 is 27.7. The molecule has 0 amide bonds. The van der Waals surface area contributed by atoms with E-state index in [1.165, 1.54) is 18.2 Å². The van der Waals surface area contributed by atoms with E-state index < -0.39 is 33.6 Å². The number of rotatable bonds is 5. The van der Waals surface area contributed by atoms with Gasteiger partial charge in [-0.05, 0) is 32.4 Å². The Labute approximate surface area is 124 Å². The second kappa shape index (κ2) is 6.65. The highest BCUT2D eigenvalue weighted by atomic mass is 35.5. The zero-order chi connectivity index (χ0) is 15.5. The molecule has 0 fully saturated rings. The summed E-state index contributed by atoms with van der Waals surface area (Å²) in [5.41, 5.74) is 0.284. The van der Waals surface area contributed by atoms with E-state index in [1.54, 1.807) is 20.8 Å². The highest BCUT2D eigenvalue weighted by Crippen LogP contribution is 2.28. The first kappa shape index (κ1) is 17.1. The van der Waals surface area contributed by atoms with Crippen molar-refractivity contribution < 1.29 is 18.5 Å². The number of hydrogen-bond acceptors (Lipinski definition) is 2. The van der Waals surface area contributed by atoms with Gasteiger partial charge in [0.15, 0.2) is 0 Å². The quantitative estimate of drug-likeness (QED) is 0.876. The summed E-state index contributed by atoms with van der Waals surface area (Å²) >= 11 is 5.86. The molecule has 0 heterocycles. The summed E-state index contributed by atoms with van der Waals surface area (Å²) in [6.07, 6.45) is -0.342. The number of carbonyl (C=O) groups is 1. The average Bonchev–Trinajstić information content (AvgIpc) is 2.30. The van der Waals surface area contributed by atoms with Crippen molar-refractivity contribution in [1.29, 1.82) is 0 Å². The van der Waals surface area contributed by atoms with Gasteiger partial charge in [0.25, 0.3) is 0 Å². The van der Waals surface area contributed by atoms with Crippen molar-refractivity contribution in [1.82, 2.24) is 4.72 Å². The van der Waals surface area contributed by atoms with E-state index in [1.807, 2.05) is 0 Å². The summed E-state index contributed by atoms with van der Waals surface area (Å²) in [5.74, 6) is -1.73. The molecule has 0 saturated heterocycles. The zero-order valence-corrected chi connectivity index (χ0v) is 13.0. The second-order valence-electron chi connectivity index (χ2n) is 5.29. The highest BCUT2D eigenvalue weighted by molar-refractivity contribution is 7.84. The number of aliphatic carboxylic acids is 1. The maximum Gasteiger partial charge on any atom is 0.305 e. The third-order valence-corrected chi connectivity index (χ3v) is 4.55. The Balaban J connectivity index is 3.10. The van der Waals surface area contributed by atoms with Gasteiger partial charge in [-0.15, -0.1) is 0 Å². The topological polar surface area (TPSA) is 66.4 Å². The molecule has 2 atom stereocenters. The lowest BCUT2D eigenvalue weighted by Gasteiger charge is -2.24. The fourth-order valence-electron chi connectivity index (χ4n) is 1.49. The molecule has 1 aromatic carbocycles. The number of halogens is 2. The van der Waals surface area contributed by atoms with Gasteiger partial charge in [-0.2, -0.15) is 0 Å². The molecule has 0 radical (unpaired) electrons. The first-order chi connectivity index (χ1) is 9.12. The minimum Gasteiger partial charge on any atom is -0.481 e. The van der Waals surface area contributed by atoms with Crippen LogP contribution in [0, 0.1) is 5.82 Å². The molecule has 1 aromatic rings. The van der Waals surface area contributed by atoms with Gasteiger partial charge in [0.1, 0.15) is 5.82 Å². The molecule has 0 spiro atoms. The summed E-state index contributed by atoms with van der Waals surface area (Å²) in [5, 5.41) is 8.79. The third-order valence-electron chi connectivity index (χ3n) is 2.54. The van der Waals surface area contributed by atoms with Gasteiger partial charge in [-0.25, -0.2) is 13.3 Å². The standard InChI is InChI=1S/C13H17ClFNO3S/c1-13(2,3)20(19)16-10(7-11(17)18)8-5-4-6-9(15)12(8)14/h4-6,10,16H,7H2,1-3H3,(H,17,18)/t10-,20+/m0/s1. The van der Waals surface area contributed by atoms with Gasteiger partial charge in [-0.3, -0.25) is 4.79 Å². The van der Waals surface area contributed by atoms with Crippen LogP contribution in [-0.2, 0) is 15.8 Å². The normalized spacial score (nSPS) is 14.8. The third kappa shape index (κ3) is 4.54. The van der Waals surface area contributed by atoms with E-state index in [4.69, 9.17) is 16.7 Å². The van der Waals surface area contributed by atoms with Gasteiger partial charge in [0, 0.05) is 0 Å². The Kier molecular flexibility index (Phi) is 5.68. The first-order valence-electron chi connectivity index (χ1n) is 5.96. The van der Waals surface area contributed by atoms with Crippen molar-refractivity contribution in [2.75, 3.05) is 0 Å². The molecule has 0 unspecified atom stereocenters. The molecule has 0 saturated carbocycles. The summed E-state index contributed by atoms with van der Waals surface area (Å²) in [7, 11) is -1.49. The number of benzene rings is 1. The van der Waals surface area contributed by atoms with Crippen LogP contribution >= 0.6 is 11.6 Å². The van der Waals surface area contributed by atoms with E-state index in [2.05, 4.69) is 4.72 Å². The molecule has 4 nitrogen and oxygen atoms in total. The molecular weight excluding hydrogens is 305 g/mol. The van der Waals surface area contributed by atoms with Gasteiger partial charge < -0.3 is 5.11 Å². The van der Waals surface area contributed by atoms with Crippen LogP contribution < -0.4 is 4.72 Å². The van der Waals surface area contributed by atoms with Crippen molar-refractivity contribution in [3.63, 3.8) is 0 Å². The highest BCUT2D eigenvalue weighted by Gasteiger charge is 2.26. The van der Waals surface area contributed by atoms with Crippen molar-refractivity contribution in [2.24, 2.45) is 0 Å². The molecule has 0 bridgehead atoms. The van der Waals surface area contributed by atoms with Crippen LogP contribution in [0.3, 0.4) is 0 Å². The van der Waals surface area contributed by atoms with E-state index >= 15 is 0 Å². The summed E-state index contributed by atoms with van der Waals surface area (Å²) in [6, 6.07) is 3.32. The molecule has 0 aromatic heterocycles. The summed E-state index contributed by atoms with van der Waals surface area (Å²) in [4.78, 5) is 10.9. The van der Waals surface area contributed by atoms with E-state index in [0.29, 0.717) is 0 Å². The predicted octanol–water partition coefficient (Wildman–Crippen LogP) is 3.05. The molecule has 0 aliphatic heterocycles. The lowest BCUT2D eigenvalue weighted by Crippen LogP contribution is -2.36. The van der Waals surface area contributed by atoms with E-state index in [0.717, 1.165) is 0 Å². The smallest absolute Gasteiger partial charge is 0.305 e. The minimum absolute atomic E-state index is 0.155. The zero-order valence-electron chi connectivity index (χ0n) is 11.4. The number of carboxylic acid groups (broad SMARTS) is 1. The van der Waals surface area contributed by atoms with Crippen LogP contribution in [0.5, 0.6) is 0 Å². The fraction of sp³-hybridized carbons (Fsp3) is 0.462. The van der Waals surface area contributed by atoms with Crippen LogP contribution in [0.25, 0.3) is 0 Å². The Hall–Kier alpha value is -0.980. The van der Waals surface area contributed by atoms with Crippen LogP contribution in [0.4, 0.5) is 4.39 Å². The minimum atomic E-state index is -1.49. The van der Waals surface area contributed by atoms with Crippen LogP contribution in [-0.4, -0.2) is 20.0 Å². The van der Waals surface area contributed by atoms with Crippen LogP contribution in [0.15, 0.2) is 18.2 Å². The van der Waals surface area contributed by atoms with Gasteiger partial charge >= 0.3 is 5.97 Å². The monoisotopic (exact) mass is 321 g/mol. The molecule has 0 aliphatic rings. The summed E-state index contributed by atoms with van der Waals surface area (Å²) in [6.45, 7) is 5.25. The number of hydrogen-bond donors (Lipinski definition) is 2. The Morgan fingerprint density at radius 3 is 2.60 bits per heavy atom. The maximum atomic E-state index is 13.5. The molecule has 0 aliphatic carbocycles. The molecule has 7 heteroatoms. The molecule has 20 heavy (non-hydrogen) atoms. The predicted molar refractivity (Wildman–Crippen MR) is 77.4 cm³/mol. The maximum absolute atomic E-state index is 13.5. The van der Waals surface area contributed by atoms with E-state index in [-0.39, 0.29) is 17.0 Å². The van der Waals surface area contributed by atoms with Gasteiger partial charge in [0.05, 0.1) is 33.2 Å². The number of carboxylic acids is 1. The largest absolute Gasteiger partial charge is 0.481 e. The molecular formula is C13H17ClFNO3S. The lowest BCUT2D eigenvalue weighted by atomic mass is 10.0. The van der Waals surface area contributed by atoms with Crippen molar-refractivity contribution in [3.8, 4) is 0 Å². The first-order valence-corrected chi connectivity index (χ1v) is 7.49. The number of nitrogens with one attached hydrogen (secondary N) is 1. The van der Waals surface area contributed by atoms with Gasteiger partial charge in [-0.1, -0.05) is 23.7 Å². The average molecular weight is 322 g/mol. The van der Waals surface area contributed by atoms with Crippen LogP contribution in [0.2, 0.25) is 5.02 Å². The second-order valence-corrected chi connectivity index (χ2v) is 7.67. The van der Waals surface area contributed by atoms with Crippen molar-refractivity contribution in [3.05, 3.63) is 34.6 Å². The van der Waals surface area contributed by atoms with Crippen molar-refractivity contribution >= 4 is 28.6 Å². The van der Waals surface area contributed by atoms with Crippen LogP contribution in [0.1, 0.15) is 38.8 Å². The SMILES string of the molecule is CC(C)(C)[S@@](=O)N[C@@H](CC(=O)O)c1cccc(F)c1Cl.